The summed E-state index contributed by atoms with van der Waals surface area (Å²) >= 11 is 5.93. The third kappa shape index (κ3) is 4.13. The van der Waals surface area contributed by atoms with Gasteiger partial charge in [0.05, 0.1) is 6.61 Å². The van der Waals surface area contributed by atoms with Gasteiger partial charge in [0, 0.05) is 10.7 Å². The summed E-state index contributed by atoms with van der Waals surface area (Å²) in [5.41, 5.74) is 0.316. The van der Waals surface area contributed by atoms with Gasteiger partial charge < -0.3 is 10.1 Å². The highest BCUT2D eigenvalue weighted by molar-refractivity contribution is 6.30. The molecule has 2 unspecified atom stereocenters. The first-order chi connectivity index (χ1) is 10.1. The van der Waals surface area contributed by atoms with Gasteiger partial charge in [-0.05, 0) is 56.4 Å². The van der Waals surface area contributed by atoms with Crippen LogP contribution in [0.25, 0.3) is 0 Å². The maximum atomic E-state index is 12.5. The number of carbonyl (C=O) groups is 1. The fourth-order valence-corrected chi connectivity index (χ4v) is 3.10. The van der Waals surface area contributed by atoms with Crippen LogP contribution in [-0.2, 0) is 9.53 Å². The lowest BCUT2D eigenvalue weighted by Gasteiger charge is -2.32. The highest BCUT2D eigenvalue weighted by atomic mass is 35.5. The average molecular weight is 310 g/mol. The molecule has 0 heterocycles. The maximum absolute atomic E-state index is 12.5. The first kappa shape index (κ1) is 16.2. The van der Waals surface area contributed by atoms with E-state index in [1.807, 2.05) is 31.2 Å². The second-order valence-electron chi connectivity index (χ2n) is 5.97. The molecule has 0 saturated heterocycles. The van der Waals surface area contributed by atoms with Crippen molar-refractivity contribution >= 4 is 23.3 Å². The predicted octanol–water partition coefficient (Wildman–Crippen LogP) is 4.65. The van der Waals surface area contributed by atoms with E-state index in [1.54, 1.807) is 0 Å². The van der Waals surface area contributed by atoms with Gasteiger partial charge in [0.1, 0.15) is 5.54 Å². The second-order valence-corrected chi connectivity index (χ2v) is 6.41. The number of anilines is 1. The number of nitrogens with one attached hydrogen (secondary N) is 1. The summed E-state index contributed by atoms with van der Waals surface area (Å²) in [6.45, 7) is 4.52. The topological polar surface area (TPSA) is 38.3 Å². The highest BCUT2D eigenvalue weighted by Gasteiger charge is 2.40. The van der Waals surface area contributed by atoms with E-state index in [4.69, 9.17) is 16.3 Å². The number of halogens is 1. The summed E-state index contributed by atoms with van der Waals surface area (Å²) in [4.78, 5) is 12.5. The van der Waals surface area contributed by atoms with Crippen molar-refractivity contribution in [2.45, 2.75) is 51.5 Å². The average Bonchev–Trinajstić information content (AvgIpc) is 2.65. The zero-order valence-electron chi connectivity index (χ0n) is 12.8. The summed E-state index contributed by atoms with van der Waals surface area (Å²) in [5.74, 6) is 0.530. The molecule has 1 aliphatic carbocycles. The lowest BCUT2D eigenvalue weighted by molar-refractivity contribution is -0.149. The van der Waals surface area contributed by atoms with Crippen molar-refractivity contribution in [3.8, 4) is 0 Å². The Labute approximate surface area is 132 Å². The van der Waals surface area contributed by atoms with Crippen molar-refractivity contribution in [3.63, 3.8) is 0 Å². The molecular weight excluding hydrogens is 286 g/mol. The normalized spacial score (nSPS) is 26.0. The van der Waals surface area contributed by atoms with Crippen molar-refractivity contribution in [3.05, 3.63) is 29.3 Å². The smallest absolute Gasteiger partial charge is 0.331 e. The van der Waals surface area contributed by atoms with E-state index in [0.29, 0.717) is 17.5 Å². The standard InChI is InChI=1S/C17H24ClNO2/c1-3-21-16(20)17(11-4-5-13(2)10-12-17)19-15-8-6-14(18)7-9-15/h6-9,13,19H,3-5,10-12H2,1-2H3. The lowest BCUT2D eigenvalue weighted by atomic mass is 9.89. The Hall–Kier alpha value is -1.22. The Morgan fingerprint density at radius 1 is 1.33 bits per heavy atom. The summed E-state index contributed by atoms with van der Waals surface area (Å²) in [6, 6.07) is 7.50. The van der Waals surface area contributed by atoms with Crippen LogP contribution in [0.15, 0.2) is 24.3 Å². The summed E-state index contributed by atoms with van der Waals surface area (Å²) in [5, 5.41) is 4.13. The van der Waals surface area contributed by atoms with E-state index >= 15 is 0 Å². The van der Waals surface area contributed by atoms with Crippen LogP contribution in [-0.4, -0.2) is 18.1 Å². The van der Waals surface area contributed by atoms with Crippen LogP contribution in [0.1, 0.15) is 46.0 Å². The fourth-order valence-electron chi connectivity index (χ4n) is 2.97. The molecule has 1 aromatic carbocycles. The van der Waals surface area contributed by atoms with Crippen LogP contribution in [0, 0.1) is 5.92 Å². The first-order valence-electron chi connectivity index (χ1n) is 7.77. The van der Waals surface area contributed by atoms with Crippen LogP contribution >= 0.6 is 11.6 Å². The molecular formula is C17H24ClNO2. The molecule has 4 heteroatoms. The molecule has 1 aromatic rings. The predicted molar refractivity (Wildman–Crippen MR) is 86.7 cm³/mol. The van der Waals surface area contributed by atoms with Gasteiger partial charge in [-0.2, -0.15) is 0 Å². The molecule has 21 heavy (non-hydrogen) atoms. The number of ether oxygens (including phenoxy) is 1. The molecule has 0 radical (unpaired) electrons. The minimum Gasteiger partial charge on any atom is -0.464 e. The van der Waals surface area contributed by atoms with E-state index in [1.165, 1.54) is 6.42 Å². The molecule has 1 N–H and O–H groups in total. The number of hydrogen-bond donors (Lipinski definition) is 1. The number of benzene rings is 1. The molecule has 3 nitrogen and oxygen atoms in total. The van der Waals surface area contributed by atoms with Crippen LogP contribution in [0.3, 0.4) is 0 Å². The van der Waals surface area contributed by atoms with E-state index in [2.05, 4.69) is 12.2 Å². The third-order valence-corrected chi connectivity index (χ3v) is 4.51. The molecule has 116 valence electrons. The number of esters is 1. The minimum atomic E-state index is -0.603. The molecule has 2 rings (SSSR count). The van der Waals surface area contributed by atoms with Crippen molar-refractivity contribution in [1.82, 2.24) is 0 Å². The Bertz CT molecular complexity index is 474. The van der Waals surface area contributed by atoms with Gasteiger partial charge in [-0.1, -0.05) is 31.4 Å². The van der Waals surface area contributed by atoms with E-state index in [0.717, 1.165) is 31.4 Å². The van der Waals surface area contributed by atoms with E-state index < -0.39 is 5.54 Å². The fraction of sp³-hybridized carbons (Fsp3) is 0.588. The summed E-state index contributed by atoms with van der Waals surface area (Å²) in [7, 11) is 0. The van der Waals surface area contributed by atoms with Gasteiger partial charge in [-0.25, -0.2) is 4.79 Å². The van der Waals surface area contributed by atoms with Crippen molar-refractivity contribution in [2.24, 2.45) is 5.92 Å². The number of rotatable bonds is 4. The largest absolute Gasteiger partial charge is 0.464 e. The molecule has 0 aliphatic heterocycles. The molecule has 2 atom stereocenters. The molecule has 1 saturated carbocycles. The Morgan fingerprint density at radius 2 is 2.05 bits per heavy atom. The molecule has 1 fully saturated rings. The molecule has 0 aromatic heterocycles. The van der Waals surface area contributed by atoms with Gasteiger partial charge in [0.2, 0.25) is 0 Å². The Balaban J connectivity index is 2.22. The second kappa shape index (κ2) is 7.17. The van der Waals surface area contributed by atoms with Crippen molar-refractivity contribution < 1.29 is 9.53 Å². The van der Waals surface area contributed by atoms with Crippen LogP contribution in [0.2, 0.25) is 5.02 Å². The van der Waals surface area contributed by atoms with Crippen molar-refractivity contribution in [1.29, 1.82) is 0 Å². The molecule has 0 bridgehead atoms. The van der Waals surface area contributed by atoms with Crippen LogP contribution < -0.4 is 5.32 Å². The van der Waals surface area contributed by atoms with Crippen LogP contribution in [0.5, 0.6) is 0 Å². The van der Waals surface area contributed by atoms with Crippen LogP contribution in [0.4, 0.5) is 5.69 Å². The summed E-state index contributed by atoms with van der Waals surface area (Å²) in [6.07, 6.45) is 4.89. The highest BCUT2D eigenvalue weighted by Crippen LogP contribution is 2.34. The van der Waals surface area contributed by atoms with Gasteiger partial charge in [0.15, 0.2) is 0 Å². The minimum absolute atomic E-state index is 0.131. The van der Waals surface area contributed by atoms with Gasteiger partial charge in [0.25, 0.3) is 0 Å². The zero-order chi connectivity index (χ0) is 15.3. The maximum Gasteiger partial charge on any atom is 0.331 e. The number of carbonyl (C=O) groups excluding carboxylic acids is 1. The summed E-state index contributed by atoms with van der Waals surface area (Å²) < 4.78 is 5.34. The Morgan fingerprint density at radius 3 is 2.71 bits per heavy atom. The van der Waals surface area contributed by atoms with Gasteiger partial charge in [-0.3, -0.25) is 0 Å². The van der Waals surface area contributed by atoms with E-state index in [-0.39, 0.29) is 5.97 Å². The lowest BCUT2D eigenvalue weighted by Crippen LogP contribution is -2.47. The van der Waals surface area contributed by atoms with Gasteiger partial charge >= 0.3 is 5.97 Å². The molecule has 1 aliphatic rings. The van der Waals surface area contributed by atoms with E-state index in [9.17, 15) is 4.79 Å². The zero-order valence-corrected chi connectivity index (χ0v) is 13.6. The molecule has 0 spiro atoms. The Kier molecular flexibility index (Phi) is 5.51. The molecule has 0 amide bonds. The quantitative estimate of drug-likeness (QED) is 0.649. The first-order valence-corrected chi connectivity index (χ1v) is 8.14. The monoisotopic (exact) mass is 309 g/mol. The van der Waals surface area contributed by atoms with Gasteiger partial charge in [-0.15, -0.1) is 0 Å². The van der Waals surface area contributed by atoms with Crippen molar-refractivity contribution in [2.75, 3.05) is 11.9 Å². The third-order valence-electron chi connectivity index (χ3n) is 4.26. The SMILES string of the molecule is CCOC(=O)C1(Nc2ccc(Cl)cc2)CCCC(C)CC1. The number of hydrogen-bond acceptors (Lipinski definition) is 3.